The van der Waals surface area contributed by atoms with Gasteiger partial charge >= 0.3 is 12.2 Å². The Morgan fingerprint density at radius 2 is 2.13 bits per heavy atom. The maximum atomic E-state index is 11.9. The van der Waals surface area contributed by atoms with E-state index in [4.69, 9.17) is 13.9 Å². The van der Waals surface area contributed by atoms with Crippen LogP contribution in [-0.4, -0.2) is 35.4 Å². The van der Waals surface area contributed by atoms with Crippen molar-refractivity contribution < 1.29 is 23.5 Å². The van der Waals surface area contributed by atoms with Crippen molar-refractivity contribution in [2.24, 2.45) is 0 Å². The van der Waals surface area contributed by atoms with E-state index in [0.29, 0.717) is 11.7 Å². The second-order valence-corrected chi connectivity index (χ2v) is 5.17. The Balaban J connectivity index is 2.07. The third-order valence-electron chi connectivity index (χ3n) is 2.59. The van der Waals surface area contributed by atoms with Gasteiger partial charge in [-0.3, -0.25) is 0 Å². The van der Waals surface area contributed by atoms with Crippen molar-refractivity contribution >= 4 is 23.5 Å². The van der Waals surface area contributed by atoms with E-state index in [9.17, 15) is 9.59 Å². The minimum absolute atomic E-state index is 0.0317. The molecule has 0 unspecified atom stereocenters. The summed E-state index contributed by atoms with van der Waals surface area (Å²) in [5, 5.41) is 2.88. The molecule has 2 rings (SSSR count). The Labute approximate surface area is 137 Å². The van der Waals surface area contributed by atoms with Gasteiger partial charge in [-0.1, -0.05) is 6.07 Å². The maximum absolute atomic E-state index is 11.9. The Morgan fingerprint density at radius 1 is 1.35 bits per heavy atom. The summed E-state index contributed by atoms with van der Waals surface area (Å²) in [7, 11) is 0. The highest BCUT2D eigenvalue weighted by atomic mass is 32.1. The van der Waals surface area contributed by atoms with Gasteiger partial charge in [0.1, 0.15) is 12.3 Å². The average molecular weight is 339 g/mol. The number of hydrazine groups is 1. The van der Waals surface area contributed by atoms with E-state index < -0.39 is 12.2 Å². The third-order valence-corrected chi connectivity index (χ3v) is 3.45. The van der Waals surface area contributed by atoms with Crippen molar-refractivity contribution in [2.75, 3.05) is 13.2 Å². The maximum Gasteiger partial charge on any atom is 0.429 e. The molecule has 9 heteroatoms. The first-order chi connectivity index (χ1) is 11.1. The van der Waals surface area contributed by atoms with Crippen molar-refractivity contribution in [3.8, 4) is 10.8 Å². The van der Waals surface area contributed by atoms with Crippen molar-refractivity contribution in [2.45, 2.75) is 20.4 Å². The van der Waals surface area contributed by atoms with Gasteiger partial charge in [0, 0.05) is 0 Å². The first kappa shape index (κ1) is 16.8. The van der Waals surface area contributed by atoms with Crippen LogP contribution in [0, 0.1) is 0 Å². The van der Waals surface area contributed by atoms with Crippen molar-refractivity contribution in [3.63, 3.8) is 0 Å². The van der Waals surface area contributed by atoms with E-state index in [1.54, 1.807) is 13.8 Å². The summed E-state index contributed by atoms with van der Waals surface area (Å²) >= 11 is 1.49. The molecule has 0 bridgehead atoms. The minimum Gasteiger partial charge on any atom is -0.449 e. The number of nitrogens with one attached hydrogen (secondary N) is 1. The lowest BCUT2D eigenvalue weighted by Crippen LogP contribution is -2.46. The van der Waals surface area contributed by atoms with E-state index in [-0.39, 0.29) is 19.8 Å². The van der Waals surface area contributed by atoms with E-state index >= 15 is 0 Å². The fourth-order valence-electron chi connectivity index (χ4n) is 1.68. The van der Waals surface area contributed by atoms with Crippen molar-refractivity contribution in [1.82, 2.24) is 15.4 Å². The summed E-state index contributed by atoms with van der Waals surface area (Å²) in [4.78, 5) is 28.4. The van der Waals surface area contributed by atoms with Gasteiger partial charge in [-0.15, -0.1) is 11.3 Å². The second kappa shape index (κ2) is 8.18. The minimum atomic E-state index is -0.751. The summed E-state index contributed by atoms with van der Waals surface area (Å²) in [6.45, 7) is 3.67. The van der Waals surface area contributed by atoms with Crippen LogP contribution in [0.1, 0.15) is 19.6 Å². The molecule has 2 aromatic rings. The number of aromatic nitrogens is 1. The second-order valence-electron chi connectivity index (χ2n) is 4.23. The van der Waals surface area contributed by atoms with Crippen LogP contribution in [0.2, 0.25) is 0 Å². The molecule has 0 spiro atoms. The number of rotatable bonds is 5. The molecular formula is C14H17N3O5S. The van der Waals surface area contributed by atoms with Gasteiger partial charge in [-0.25, -0.2) is 25.0 Å². The highest BCUT2D eigenvalue weighted by Gasteiger charge is 2.21. The molecule has 0 aliphatic heterocycles. The molecule has 0 fully saturated rings. The molecular weight excluding hydrogens is 322 g/mol. The van der Waals surface area contributed by atoms with Gasteiger partial charge in [0.25, 0.3) is 0 Å². The molecule has 124 valence electrons. The average Bonchev–Trinajstić information content (AvgIpc) is 3.18. The van der Waals surface area contributed by atoms with Gasteiger partial charge in [0.15, 0.2) is 0 Å². The lowest BCUT2D eigenvalue weighted by molar-refractivity contribution is 0.0684. The quantitative estimate of drug-likeness (QED) is 0.842. The number of hydrogen-bond donors (Lipinski definition) is 1. The molecule has 2 heterocycles. The molecule has 2 amide bonds. The molecule has 0 radical (unpaired) electrons. The zero-order valence-electron chi connectivity index (χ0n) is 12.8. The van der Waals surface area contributed by atoms with Crippen LogP contribution < -0.4 is 5.43 Å². The summed E-state index contributed by atoms with van der Waals surface area (Å²) < 4.78 is 15.2. The standard InChI is InChI=1S/C14H17N3O5S/c1-3-20-13(18)16-17(14(19)21-4-2)9-10-8-15-12(22-10)11-6-5-7-23-11/h5-8H,3-4,9H2,1-2H3,(H,16,18). The van der Waals surface area contributed by atoms with Crippen molar-refractivity contribution in [3.05, 3.63) is 29.5 Å². The zero-order chi connectivity index (χ0) is 16.7. The molecule has 0 saturated heterocycles. The van der Waals surface area contributed by atoms with Gasteiger partial charge in [0.2, 0.25) is 5.89 Å². The summed E-state index contributed by atoms with van der Waals surface area (Å²) in [6.07, 6.45) is 0.0295. The Bertz CT molecular complexity index is 641. The number of thiophene rings is 1. The van der Waals surface area contributed by atoms with Crippen LogP contribution in [-0.2, 0) is 16.0 Å². The van der Waals surface area contributed by atoms with E-state index in [0.717, 1.165) is 9.89 Å². The highest BCUT2D eigenvalue weighted by Crippen LogP contribution is 2.24. The number of amides is 2. The predicted octanol–water partition coefficient (Wildman–Crippen LogP) is 3.02. The van der Waals surface area contributed by atoms with Gasteiger partial charge < -0.3 is 13.9 Å². The number of oxazole rings is 1. The van der Waals surface area contributed by atoms with Crippen LogP contribution in [0.5, 0.6) is 0 Å². The molecule has 0 aliphatic rings. The van der Waals surface area contributed by atoms with Crippen LogP contribution in [0.4, 0.5) is 9.59 Å². The third kappa shape index (κ3) is 4.71. The lowest BCUT2D eigenvalue weighted by Gasteiger charge is -2.20. The van der Waals surface area contributed by atoms with Gasteiger partial charge in [-0.05, 0) is 25.3 Å². The summed E-state index contributed by atoms with van der Waals surface area (Å²) in [5.41, 5.74) is 2.31. The molecule has 0 atom stereocenters. The number of nitrogens with zero attached hydrogens (tertiary/aromatic N) is 2. The first-order valence-electron chi connectivity index (χ1n) is 7.00. The highest BCUT2D eigenvalue weighted by molar-refractivity contribution is 7.13. The normalized spacial score (nSPS) is 10.2. The number of carbonyl (C=O) groups is 2. The topological polar surface area (TPSA) is 93.9 Å². The molecule has 0 saturated carbocycles. The number of ether oxygens (including phenoxy) is 2. The molecule has 1 N–H and O–H groups in total. The van der Waals surface area contributed by atoms with Gasteiger partial charge in [0.05, 0.1) is 24.3 Å². The largest absolute Gasteiger partial charge is 0.449 e. The lowest BCUT2D eigenvalue weighted by atomic mass is 10.5. The van der Waals surface area contributed by atoms with Crippen LogP contribution in [0.15, 0.2) is 28.1 Å². The van der Waals surface area contributed by atoms with Crippen molar-refractivity contribution in [1.29, 1.82) is 0 Å². The van der Waals surface area contributed by atoms with Crippen LogP contribution in [0.3, 0.4) is 0 Å². The van der Waals surface area contributed by atoms with E-state index in [2.05, 4.69) is 10.4 Å². The van der Waals surface area contributed by atoms with Crippen LogP contribution in [0.25, 0.3) is 10.8 Å². The summed E-state index contributed by atoms with van der Waals surface area (Å²) in [5.74, 6) is 0.855. The monoisotopic (exact) mass is 339 g/mol. The molecule has 0 aromatic carbocycles. The Hall–Kier alpha value is -2.55. The molecule has 8 nitrogen and oxygen atoms in total. The Morgan fingerprint density at radius 3 is 2.78 bits per heavy atom. The molecule has 0 aliphatic carbocycles. The number of carbonyl (C=O) groups excluding carboxylic acids is 2. The smallest absolute Gasteiger partial charge is 0.429 e. The number of hydrogen-bond acceptors (Lipinski definition) is 7. The fourth-order valence-corrected chi connectivity index (χ4v) is 2.33. The Kier molecular flexibility index (Phi) is 5.98. The van der Waals surface area contributed by atoms with E-state index in [1.165, 1.54) is 17.5 Å². The molecule has 23 heavy (non-hydrogen) atoms. The first-order valence-corrected chi connectivity index (χ1v) is 7.88. The summed E-state index contributed by atoms with van der Waals surface area (Å²) in [6, 6.07) is 3.76. The zero-order valence-corrected chi connectivity index (χ0v) is 13.6. The van der Waals surface area contributed by atoms with E-state index in [1.807, 2.05) is 17.5 Å². The molecule has 2 aromatic heterocycles. The van der Waals surface area contributed by atoms with Gasteiger partial charge in [-0.2, -0.15) is 0 Å². The SMILES string of the molecule is CCOC(=O)NN(Cc1cnc(-c2cccs2)o1)C(=O)OCC. The fraction of sp³-hybridized carbons (Fsp3) is 0.357. The van der Waals surface area contributed by atoms with Crippen LogP contribution >= 0.6 is 11.3 Å². The predicted molar refractivity (Wildman–Crippen MR) is 82.5 cm³/mol.